The van der Waals surface area contributed by atoms with Gasteiger partial charge in [0, 0.05) is 50.2 Å². The van der Waals surface area contributed by atoms with Gasteiger partial charge in [0.25, 0.3) is 5.56 Å². The Hall–Kier alpha value is -4.28. The third kappa shape index (κ3) is 5.55. The highest BCUT2D eigenvalue weighted by Gasteiger charge is 2.09. The Morgan fingerprint density at radius 3 is 2.59 bits per heavy atom. The molecule has 4 rings (SSSR count). The molecule has 34 heavy (non-hydrogen) atoms. The second kappa shape index (κ2) is 10.6. The van der Waals surface area contributed by atoms with Crippen molar-refractivity contribution in [3.05, 3.63) is 58.9 Å². The van der Waals surface area contributed by atoms with Crippen LogP contribution in [0.2, 0.25) is 0 Å². The molecular weight excluding hydrogens is 434 g/mol. The van der Waals surface area contributed by atoms with Gasteiger partial charge < -0.3 is 15.5 Å². The summed E-state index contributed by atoms with van der Waals surface area (Å²) in [5, 5.41) is 26.5. The van der Waals surface area contributed by atoms with Crippen LogP contribution in [0, 0.1) is 0 Å². The van der Waals surface area contributed by atoms with Crippen LogP contribution in [0.3, 0.4) is 0 Å². The van der Waals surface area contributed by atoms with Crippen molar-refractivity contribution < 1.29 is 4.79 Å². The zero-order chi connectivity index (χ0) is 23.9. The minimum absolute atomic E-state index is 0.0817. The standard InChI is InChI=1S/C23H27N9O2/c1-31(2)17-10-8-16(9-11-17)21-27-30-32(29-21)15-12-20(33)24-13-5-14-25-22-18-6-3-4-7-19(18)23(34)28-26-22/h3-4,6-11H,5,12-15H2,1-2H3,(H,24,33)(H,25,26)(H,28,34). The number of hydrogen-bond donors (Lipinski definition) is 3. The first-order valence-corrected chi connectivity index (χ1v) is 11.0. The van der Waals surface area contributed by atoms with E-state index in [0.29, 0.717) is 43.1 Å². The first kappa shape index (κ1) is 22.9. The quantitative estimate of drug-likeness (QED) is 0.304. The summed E-state index contributed by atoms with van der Waals surface area (Å²) < 4.78 is 0. The van der Waals surface area contributed by atoms with Gasteiger partial charge in [-0.15, -0.1) is 10.2 Å². The predicted octanol–water partition coefficient (Wildman–Crippen LogP) is 1.65. The molecule has 11 heteroatoms. The van der Waals surface area contributed by atoms with Crippen LogP contribution in [0.4, 0.5) is 11.5 Å². The summed E-state index contributed by atoms with van der Waals surface area (Å²) in [6.45, 7) is 1.46. The second-order valence-electron chi connectivity index (χ2n) is 7.98. The molecule has 4 aromatic rings. The van der Waals surface area contributed by atoms with E-state index in [4.69, 9.17) is 0 Å². The molecule has 0 fully saturated rings. The molecule has 0 atom stereocenters. The lowest BCUT2D eigenvalue weighted by Gasteiger charge is -2.11. The number of carbonyl (C=O) groups excluding carboxylic acids is 1. The molecule has 0 saturated carbocycles. The number of fused-ring (bicyclic) bond motifs is 1. The number of H-pyrrole nitrogens is 1. The third-order valence-electron chi connectivity index (χ3n) is 5.30. The first-order chi connectivity index (χ1) is 16.5. The molecule has 1 amide bonds. The average molecular weight is 462 g/mol. The Balaban J connectivity index is 1.18. The summed E-state index contributed by atoms with van der Waals surface area (Å²) in [6, 6.07) is 15.2. The lowest BCUT2D eigenvalue weighted by atomic mass is 10.2. The van der Waals surface area contributed by atoms with Gasteiger partial charge in [-0.2, -0.15) is 9.90 Å². The van der Waals surface area contributed by atoms with E-state index in [0.717, 1.165) is 16.6 Å². The molecule has 0 saturated heterocycles. The van der Waals surface area contributed by atoms with Gasteiger partial charge >= 0.3 is 0 Å². The Kier molecular flexibility index (Phi) is 7.11. The molecule has 2 aromatic carbocycles. The lowest BCUT2D eigenvalue weighted by molar-refractivity contribution is -0.121. The number of aryl methyl sites for hydroxylation is 1. The number of amides is 1. The van der Waals surface area contributed by atoms with Crippen molar-refractivity contribution in [1.82, 2.24) is 35.7 Å². The average Bonchev–Trinajstić information content (AvgIpc) is 3.33. The van der Waals surface area contributed by atoms with Crippen molar-refractivity contribution in [2.24, 2.45) is 0 Å². The van der Waals surface area contributed by atoms with Crippen molar-refractivity contribution in [1.29, 1.82) is 0 Å². The van der Waals surface area contributed by atoms with Gasteiger partial charge in [-0.25, -0.2) is 5.10 Å². The summed E-state index contributed by atoms with van der Waals surface area (Å²) in [7, 11) is 3.97. The SMILES string of the molecule is CN(C)c1ccc(-c2nnn(CCC(=O)NCCCNc3n[nH]c(=O)c4ccccc34)n2)cc1. The largest absolute Gasteiger partial charge is 0.378 e. The molecule has 2 heterocycles. The van der Waals surface area contributed by atoms with Crippen molar-refractivity contribution in [2.75, 3.05) is 37.4 Å². The van der Waals surface area contributed by atoms with Crippen LogP contribution >= 0.6 is 0 Å². The second-order valence-corrected chi connectivity index (χ2v) is 7.98. The highest BCUT2D eigenvalue weighted by molar-refractivity contribution is 5.90. The Bertz CT molecular complexity index is 1310. The topological polar surface area (TPSA) is 134 Å². The minimum atomic E-state index is -0.218. The molecule has 0 spiro atoms. The number of anilines is 2. The summed E-state index contributed by atoms with van der Waals surface area (Å²) in [5.74, 6) is 1.06. The van der Waals surface area contributed by atoms with Gasteiger partial charge in [-0.3, -0.25) is 9.59 Å². The molecular formula is C23H27N9O2. The molecule has 0 radical (unpaired) electrons. The molecule has 176 valence electrons. The van der Waals surface area contributed by atoms with Crippen molar-refractivity contribution >= 4 is 28.2 Å². The molecule has 2 aromatic heterocycles. The summed E-state index contributed by atoms with van der Waals surface area (Å²) in [4.78, 5) is 27.5. The fourth-order valence-corrected chi connectivity index (χ4v) is 3.42. The van der Waals surface area contributed by atoms with Crippen molar-refractivity contribution in [3.8, 4) is 11.4 Å². The summed E-state index contributed by atoms with van der Waals surface area (Å²) in [5.41, 5.74) is 1.74. The number of carbonyl (C=O) groups is 1. The molecule has 0 bridgehead atoms. The lowest BCUT2D eigenvalue weighted by Crippen LogP contribution is -2.27. The van der Waals surface area contributed by atoms with Gasteiger partial charge in [0.05, 0.1) is 11.9 Å². The van der Waals surface area contributed by atoms with Crippen LogP contribution < -0.4 is 21.1 Å². The maximum atomic E-state index is 12.2. The van der Waals surface area contributed by atoms with E-state index in [1.165, 1.54) is 4.80 Å². The fourth-order valence-electron chi connectivity index (χ4n) is 3.42. The number of aromatic nitrogens is 6. The summed E-state index contributed by atoms with van der Waals surface area (Å²) in [6.07, 6.45) is 0.963. The van der Waals surface area contributed by atoms with E-state index >= 15 is 0 Å². The monoisotopic (exact) mass is 461 g/mol. The van der Waals surface area contributed by atoms with Gasteiger partial charge in [0.15, 0.2) is 5.82 Å². The van der Waals surface area contributed by atoms with Crippen LogP contribution in [-0.4, -0.2) is 63.5 Å². The maximum absolute atomic E-state index is 12.2. The van der Waals surface area contributed by atoms with E-state index in [1.807, 2.05) is 61.5 Å². The van der Waals surface area contributed by atoms with Crippen molar-refractivity contribution in [3.63, 3.8) is 0 Å². The zero-order valence-corrected chi connectivity index (χ0v) is 19.2. The van der Waals surface area contributed by atoms with E-state index < -0.39 is 0 Å². The normalized spacial score (nSPS) is 10.9. The number of aromatic amines is 1. The van der Waals surface area contributed by atoms with Gasteiger partial charge in [-0.1, -0.05) is 18.2 Å². The molecule has 3 N–H and O–H groups in total. The highest BCUT2D eigenvalue weighted by atomic mass is 16.1. The number of nitrogens with zero attached hydrogens (tertiary/aromatic N) is 6. The fraction of sp³-hybridized carbons (Fsp3) is 0.304. The first-order valence-electron chi connectivity index (χ1n) is 11.0. The number of benzene rings is 2. The van der Waals surface area contributed by atoms with Gasteiger partial charge in [0.1, 0.15) is 0 Å². The van der Waals surface area contributed by atoms with E-state index in [9.17, 15) is 9.59 Å². The Morgan fingerprint density at radius 1 is 1.06 bits per heavy atom. The molecule has 0 aliphatic carbocycles. The Labute approximate surface area is 196 Å². The van der Waals surface area contributed by atoms with E-state index in [-0.39, 0.29) is 17.9 Å². The Morgan fingerprint density at radius 2 is 1.82 bits per heavy atom. The van der Waals surface area contributed by atoms with Gasteiger partial charge in [-0.05, 0) is 42.0 Å². The van der Waals surface area contributed by atoms with Gasteiger partial charge in [0.2, 0.25) is 11.7 Å². The summed E-state index contributed by atoms with van der Waals surface area (Å²) >= 11 is 0. The van der Waals surface area contributed by atoms with Crippen LogP contribution in [-0.2, 0) is 11.3 Å². The van der Waals surface area contributed by atoms with E-state index in [2.05, 4.69) is 36.2 Å². The number of nitrogens with one attached hydrogen (secondary N) is 3. The molecule has 0 unspecified atom stereocenters. The van der Waals surface area contributed by atoms with Crippen LogP contribution in [0.5, 0.6) is 0 Å². The van der Waals surface area contributed by atoms with Crippen LogP contribution in [0.1, 0.15) is 12.8 Å². The molecule has 0 aliphatic rings. The molecule has 0 aliphatic heterocycles. The number of hydrogen-bond acceptors (Lipinski definition) is 8. The number of tetrazole rings is 1. The zero-order valence-electron chi connectivity index (χ0n) is 19.2. The highest BCUT2D eigenvalue weighted by Crippen LogP contribution is 2.19. The third-order valence-corrected chi connectivity index (χ3v) is 5.30. The predicted molar refractivity (Wildman–Crippen MR) is 131 cm³/mol. The smallest absolute Gasteiger partial charge is 0.272 e. The van der Waals surface area contributed by atoms with Crippen LogP contribution in [0.25, 0.3) is 22.2 Å². The van der Waals surface area contributed by atoms with Crippen molar-refractivity contribution in [2.45, 2.75) is 19.4 Å². The maximum Gasteiger partial charge on any atom is 0.272 e. The molecule has 11 nitrogen and oxygen atoms in total. The van der Waals surface area contributed by atoms with Crippen LogP contribution in [0.15, 0.2) is 53.3 Å². The number of rotatable bonds is 10. The minimum Gasteiger partial charge on any atom is -0.378 e. The van der Waals surface area contributed by atoms with E-state index in [1.54, 1.807) is 6.07 Å².